The molecule has 0 aliphatic carbocycles. The van der Waals surface area contributed by atoms with E-state index in [0.717, 1.165) is 21.9 Å². The number of nitrogens with zero attached hydrogens (tertiary/aromatic N) is 3. The molecule has 1 aromatic carbocycles. The highest BCUT2D eigenvalue weighted by Crippen LogP contribution is 2.29. The zero-order valence-electron chi connectivity index (χ0n) is 15.0. The van der Waals surface area contributed by atoms with Crippen LogP contribution in [0.2, 0.25) is 0 Å². The Morgan fingerprint density at radius 3 is 2.52 bits per heavy atom. The third-order valence-corrected chi connectivity index (χ3v) is 4.62. The highest BCUT2D eigenvalue weighted by atomic mass is 32.2. The molecule has 1 heterocycles. The van der Waals surface area contributed by atoms with Crippen LogP contribution in [0.25, 0.3) is 0 Å². The maximum Gasteiger partial charge on any atom is 0.451 e. The lowest BCUT2D eigenvalue weighted by molar-refractivity contribution is -0.147. The molecule has 0 fully saturated rings. The van der Waals surface area contributed by atoms with Crippen molar-refractivity contribution in [3.05, 3.63) is 29.6 Å². The zero-order valence-corrected chi connectivity index (χ0v) is 15.8. The maximum atomic E-state index is 12.7. The molecule has 0 unspecified atom stereocenters. The van der Waals surface area contributed by atoms with Crippen LogP contribution in [0.1, 0.15) is 11.4 Å². The fourth-order valence-electron chi connectivity index (χ4n) is 2.25. The summed E-state index contributed by atoms with van der Waals surface area (Å²) in [6, 6.07) is 5.45. The molecule has 2 aromatic rings. The molecule has 0 saturated carbocycles. The van der Waals surface area contributed by atoms with E-state index in [1.54, 1.807) is 13.2 Å². The first-order valence-corrected chi connectivity index (χ1v) is 8.81. The van der Waals surface area contributed by atoms with Crippen molar-refractivity contribution in [1.82, 2.24) is 20.1 Å². The topological polar surface area (TPSA) is 78.3 Å². The number of halogens is 3. The molecule has 1 amide bonds. The van der Waals surface area contributed by atoms with Crippen molar-refractivity contribution in [3.8, 4) is 11.5 Å². The minimum Gasteiger partial charge on any atom is -0.493 e. The number of alkyl halides is 3. The molecule has 0 spiro atoms. The largest absolute Gasteiger partial charge is 0.493 e. The van der Waals surface area contributed by atoms with E-state index >= 15 is 0 Å². The van der Waals surface area contributed by atoms with Crippen LogP contribution in [-0.4, -0.2) is 47.2 Å². The Bertz CT molecular complexity index is 796. The summed E-state index contributed by atoms with van der Waals surface area (Å²) in [5, 5.41) is 9.32. The molecule has 1 N–H and O–H groups in total. The lowest BCUT2D eigenvalue weighted by Gasteiger charge is -2.10. The summed E-state index contributed by atoms with van der Waals surface area (Å²) >= 11 is 0.890. The fraction of sp³-hybridized carbons (Fsp3) is 0.438. The summed E-state index contributed by atoms with van der Waals surface area (Å²) in [6.45, 7) is 0.376. The Morgan fingerprint density at radius 2 is 1.93 bits per heavy atom. The fourth-order valence-corrected chi connectivity index (χ4v) is 2.99. The van der Waals surface area contributed by atoms with Crippen LogP contribution in [0.15, 0.2) is 23.4 Å². The molecular formula is C16H19F3N4O3S. The molecule has 0 bridgehead atoms. The van der Waals surface area contributed by atoms with Crippen LogP contribution in [0.3, 0.4) is 0 Å². The van der Waals surface area contributed by atoms with E-state index < -0.39 is 12.0 Å². The second-order valence-corrected chi connectivity index (χ2v) is 6.38. The summed E-state index contributed by atoms with van der Waals surface area (Å²) in [7, 11) is 4.29. The van der Waals surface area contributed by atoms with Gasteiger partial charge in [0.2, 0.25) is 11.7 Å². The lowest BCUT2D eigenvalue weighted by atomic mass is 10.1. The standard InChI is InChI=1S/C16H19F3N4O3S/c1-23-14(16(17,18)19)21-22-15(23)27-9-13(24)20-7-6-10-4-5-11(25-2)12(8-10)26-3/h4-5,8H,6-7,9H2,1-3H3,(H,20,24). The number of methoxy groups -OCH3 is 2. The van der Waals surface area contributed by atoms with Gasteiger partial charge in [-0.15, -0.1) is 10.2 Å². The van der Waals surface area contributed by atoms with Crippen LogP contribution in [0.4, 0.5) is 13.2 Å². The van der Waals surface area contributed by atoms with Crippen molar-refractivity contribution in [1.29, 1.82) is 0 Å². The van der Waals surface area contributed by atoms with Crippen LogP contribution in [-0.2, 0) is 24.4 Å². The minimum atomic E-state index is -4.58. The van der Waals surface area contributed by atoms with E-state index in [0.29, 0.717) is 24.5 Å². The number of amides is 1. The molecule has 11 heteroatoms. The summed E-state index contributed by atoms with van der Waals surface area (Å²) in [4.78, 5) is 11.9. The van der Waals surface area contributed by atoms with Gasteiger partial charge in [0.15, 0.2) is 16.7 Å². The van der Waals surface area contributed by atoms with Crippen molar-refractivity contribution in [2.24, 2.45) is 7.05 Å². The summed E-state index contributed by atoms with van der Waals surface area (Å²) < 4.78 is 49.2. The van der Waals surface area contributed by atoms with E-state index in [4.69, 9.17) is 9.47 Å². The second kappa shape index (κ2) is 8.98. The Balaban J connectivity index is 1.81. The predicted octanol–water partition coefficient (Wildman–Crippen LogP) is 2.30. The Kier molecular flexibility index (Phi) is 6.94. The molecular weight excluding hydrogens is 385 g/mol. The van der Waals surface area contributed by atoms with Gasteiger partial charge in [-0.3, -0.25) is 4.79 Å². The number of hydrogen-bond acceptors (Lipinski definition) is 6. The van der Waals surface area contributed by atoms with Crippen molar-refractivity contribution in [2.45, 2.75) is 17.8 Å². The third kappa shape index (κ3) is 5.52. The van der Waals surface area contributed by atoms with Gasteiger partial charge in [-0.25, -0.2) is 0 Å². The normalized spacial score (nSPS) is 11.3. The van der Waals surface area contributed by atoms with Crippen molar-refractivity contribution < 1.29 is 27.4 Å². The van der Waals surface area contributed by atoms with Gasteiger partial charge in [0, 0.05) is 13.6 Å². The lowest BCUT2D eigenvalue weighted by Crippen LogP contribution is -2.27. The first kappa shape index (κ1) is 20.9. The molecule has 0 saturated heterocycles. The SMILES string of the molecule is COc1ccc(CCNC(=O)CSc2nnc(C(F)(F)F)n2C)cc1OC. The van der Waals surface area contributed by atoms with Crippen molar-refractivity contribution in [2.75, 3.05) is 26.5 Å². The maximum absolute atomic E-state index is 12.7. The van der Waals surface area contributed by atoms with Gasteiger partial charge in [0.05, 0.1) is 20.0 Å². The van der Waals surface area contributed by atoms with E-state index in [1.807, 2.05) is 12.1 Å². The summed E-state index contributed by atoms with van der Waals surface area (Å²) in [5.41, 5.74) is 0.948. The van der Waals surface area contributed by atoms with E-state index in [1.165, 1.54) is 14.2 Å². The van der Waals surface area contributed by atoms with Crippen LogP contribution in [0.5, 0.6) is 11.5 Å². The quantitative estimate of drug-likeness (QED) is 0.681. The van der Waals surface area contributed by atoms with Gasteiger partial charge in [0.1, 0.15) is 0 Å². The number of nitrogens with one attached hydrogen (secondary N) is 1. The first-order chi connectivity index (χ1) is 12.8. The van der Waals surface area contributed by atoms with Gasteiger partial charge < -0.3 is 19.4 Å². The molecule has 2 rings (SSSR count). The average molecular weight is 404 g/mol. The zero-order chi connectivity index (χ0) is 20.0. The van der Waals surface area contributed by atoms with E-state index in [9.17, 15) is 18.0 Å². The number of hydrogen-bond donors (Lipinski definition) is 1. The second-order valence-electron chi connectivity index (χ2n) is 5.44. The van der Waals surface area contributed by atoms with Gasteiger partial charge in [-0.1, -0.05) is 17.8 Å². The van der Waals surface area contributed by atoms with Gasteiger partial charge in [-0.05, 0) is 24.1 Å². The number of thioether (sulfide) groups is 1. The van der Waals surface area contributed by atoms with Crippen LogP contribution >= 0.6 is 11.8 Å². The smallest absolute Gasteiger partial charge is 0.451 e. The van der Waals surface area contributed by atoms with Crippen molar-refractivity contribution in [3.63, 3.8) is 0 Å². The Hall–Kier alpha value is -2.43. The monoisotopic (exact) mass is 404 g/mol. The average Bonchev–Trinajstić information content (AvgIpc) is 3.00. The number of carbonyl (C=O) groups excluding carboxylic acids is 1. The summed E-state index contributed by atoms with van der Waals surface area (Å²) in [6.07, 6.45) is -4.01. The third-order valence-electron chi connectivity index (χ3n) is 3.60. The van der Waals surface area contributed by atoms with Gasteiger partial charge in [0.25, 0.3) is 0 Å². The Morgan fingerprint density at radius 1 is 1.22 bits per heavy atom. The Labute approximate surface area is 158 Å². The number of carbonyl (C=O) groups is 1. The summed E-state index contributed by atoms with van der Waals surface area (Å²) in [5.74, 6) is -0.255. The molecule has 0 aliphatic rings. The van der Waals surface area contributed by atoms with Gasteiger partial charge >= 0.3 is 6.18 Å². The molecule has 1 aromatic heterocycles. The highest BCUT2D eigenvalue weighted by molar-refractivity contribution is 7.99. The van der Waals surface area contributed by atoms with Gasteiger partial charge in [-0.2, -0.15) is 13.2 Å². The molecule has 27 heavy (non-hydrogen) atoms. The predicted molar refractivity (Wildman–Crippen MR) is 93.0 cm³/mol. The molecule has 148 valence electrons. The minimum absolute atomic E-state index is 0.0253. The highest BCUT2D eigenvalue weighted by Gasteiger charge is 2.37. The number of aromatic nitrogens is 3. The molecule has 0 aliphatic heterocycles. The molecule has 0 radical (unpaired) electrons. The number of benzene rings is 1. The number of ether oxygens (including phenoxy) is 2. The van der Waals surface area contributed by atoms with Crippen molar-refractivity contribution >= 4 is 17.7 Å². The van der Waals surface area contributed by atoms with E-state index in [-0.39, 0.29) is 16.8 Å². The molecule has 0 atom stereocenters. The van der Waals surface area contributed by atoms with E-state index in [2.05, 4.69) is 15.5 Å². The first-order valence-electron chi connectivity index (χ1n) is 7.83. The van der Waals surface area contributed by atoms with Crippen LogP contribution < -0.4 is 14.8 Å². The van der Waals surface area contributed by atoms with Crippen LogP contribution in [0, 0.1) is 0 Å². The number of rotatable bonds is 8. The molecule has 7 nitrogen and oxygen atoms in total.